The number of carboxylic acid groups (broad SMARTS) is 1. The molecular weight excluding hydrogens is 525 g/mol. The molecule has 0 aromatic carbocycles. The van der Waals surface area contributed by atoms with Crippen molar-refractivity contribution in [3.63, 3.8) is 0 Å². The van der Waals surface area contributed by atoms with Crippen LogP contribution in [0.15, 0.2) is 26.3 Å². The number of amides is 2. The molecule has 4 N–H and O–H groups in total. The van der Waals surface area contributed by atoms with Gasteiger partial charge in [-0.1, -0.05) is 28.3 Å². The molecule has 2 atom stereocenters. The number of hydrogen-bond acceptors (Lipinski definition) is 14. The molecule has 0 radical (unpaired) electrons. The third-order valence-electron chi connectivity index (χ3n) is 4.47. The SMILES string of the molecule is CC(C)ON=C(C(=O)NC1C(=O)N2C(C(=O)O)=C(CSc3nncs3)CS[C@H]12)c1nsc(N)n1. The van der Waals surface area contributed by atoms with E-state index < -0.39 is 29.2 Å². The number of anilines is 1. The number of nitrogens with one attached hydrogen (secondary N) is 1. The molecule has 2 aliphatic rings. The van der Waals surface area contributed by atoms with Crippen molar-refractivity contribution in [2.75, 3.05) is 17.2 Å². The zero-order chi connectivity index (χ0) is 24.4. The van der Waals surface area contributed by atoms with Gasteiger partial charge in [0.2, 0.25) is 11.5 Å². The third kappa shape index (κ3) is 5.01. The number of carbonyl (C=O) groups is 3. The Hall–Kier alpha value is -2.76. The van der Waals surface area contributed by atoms with Crippen LogP contribution in [0.5, 0.6) is 0 Å². The van der Waals surface area contributed by atoms with Crippen molar-refractivity contribution >= 4 is 75.0 Å². The number of rotatable bonds is 9. The second-order valence-electron chi connectivity index (χ2n) is 7.16. The first-order valence-electron chi connectivity index (χ1n) is 9.69. The second kappa shape index (κ2) is 10.2. The van der Waals surface area contributed by atoms with Gasteiger partial charge in [-0.2, -0.15) is 9.36 Å². The summed E-state index contributed by atoms with van der Waals surface area (Å²) in [6.45, 7) is 3.46. The van der Waals surface area contributed by atoms with Crippen molar-refractivity contribution in [1.29, 1.82) is 0 Å². The van der Waals surface area contributed by atoms with Gasteiger partial charge >= 0.3 is 5.97 Å². The topological polar surface area (TPSA) is 186 Å². The van der Waals surface area contributed by atoms with Crippen molar-refractivity contribution in [3.05, 3.63) is 22.6 Å². The molecule has 0 aliphatic carbocycles. The second-order valence-corrected chi connectivity index (χ2v) is 11.1. The number of carboxylic acids is 1. The largest absolute Gasteiger partial charge is 0.477 e. The summed E-state index contributed by atoms with van der Waals surface area (Å²) in [4.78, 5) is 48.2. The van der Waals surface area contributed by atoms with E-state index in [1.165, 1.54) is 39.8 Å². The normalized spacial score (nSPS) is 20.3. The van der Waals surface area contributed by atoms with E-state index in [2.05, 4.69) is 30.0 Å². The van der Waals surface area contributed by atoms with E-state index in [0.717, 1.165) is 11.5 Å². The molecule has 2 aromatic rings. The molecule has 2 aliphatic heterocycles. The summed E-state index contributed by atoms with van der Waals surface area (Å²) in [5.41, 5.74) is 7.51. The number of aromatic nitrogens is 4. The Morgan fingerprint density at radius 3 is 2.88 bits per heavy atom. The lowest BCUT2D eigenvalue weighted by atomic mass is 10.0. The molecule has 2 aromatic heterocycles. The third-order valence-corrected chi connectivity index (χ3v) is 8.30. The van der Waals surface area contributed by atoms with Crippen molar-refractivity contribution in [1.82, 2.24) is 29.8 Å². The van der Waals surface area contributed by atoms with Gasteiger partial charge < -0.3 is 21.0 Å². The minimum atomic E-state index is -1.20. The van der Waals surface area contributed by atoms with Crippen LogP contribution in [0.3, 0.4) is 0 Å². The summed E-state index contributed by atoms with van der Waals surface area (Å²) in [5.74, 6) is -1.74. The predicted molar refractivity (Wildman–Crippen MR) is 127 cm³/mol. The molecule has 13 nitrogen and oxygen atoms in total. The Bertz CT molecular complexity index is 1160. The number of carbonyl (C=O) groups excluding carboxylic acids is 2. The number of nitrogens with two attached hydrogens (primary N) is 1. The maximum absolute atomic E-state index is 12.9. The quantitative estimate of drug-likeness (QED) is 0.174. The lowest BCUT2D eigenvalue weighted by molar-refractivity contribution is -0.150. The minimum absolute atomic E-state index is 0.0253. The fraction of sp³-hybridized carbons (Fsp3) is 0.412. The molecular formula is C17H18N8O5S4. The van der Waals surface area contributed by atoms with E-state index in [1.54, 1.807) is 19.4 Å². The van der Waals surface area contributed by atoms with Crippen LogP contribution < -0.4 is 11.1 Å². The first kappa shape index (κ1) is 24.4. The first-order chi connectivity index (χ1) is 16.3. The number of thioether (sulfide) groups is 2. The molecule has 4 heterocycles. The van der Waals surface area contributed by atoms with E-state index in [0.29, 0.717) is 21.4 Å². The number of fused-ring (bicyclic) bond motifs is 1. The average molecular weight is 543 g/mol. The minimum Gasteiger partial charge on any atom is -0.477 e. The Labute approximate surface area is 209 Å². The van der Waals surface area contributed by atoms with Crippen LogP contribution in [0, 0.1) is 0 Å². The fourth-order valence-electron chi connectivity index (χ4n) is 3.05. The Kier molecular flexibility index (Phi) is 7.34. The standard InChI is InChI=1S/C17H18N8O5S4/c1-6(2)30-23-8(11-21-16(18)34-24-11)12(26)20-9-13(27)25-10(15(28)29)7(3-31-14(9)25)4-32-17-22-19-5-33-17/h5-6,9,14H,3-4H2,1-2H3,(H,20,26)(H,28,29)(H2,18,21,24)/t9?,14-/m1/s1. The van der Waals surface area contributed by atoms with Crippen LogP contribution in [0.1, 0.15) is 19.7 Å². The van der Waals surface area contributed by atoms with Crippen LogP contribution in [0.2, 0.25) is 0 Å². The van der Waals surface area contributed by atoms with Gasteiger partial charge in [-0.25, -0.2) is 4.79 Å². The van der Waals surface area contributed by atoms with Gasteiger partial charge in [0, 0.05) is 23.0 Å². The van der Waals surface area contributed by atoms with Crippen LogP contribution in [0.25, 0.3) is 0 Å². The number of oxime groups is 1. The molecule has 2 amide bonds. The molecule has 17 heteroatoms. The highest BCUT2D eigenvalue weighted by Crippen LogP contribution is 2.41. The molecule has 0 spiro atoms. The van der Waals surface area contributed by atoms with Crippen molar-refractivity contribution in [2.24, 2.45) is 5.16 Å². The van der Waals surface area contributed by atoms with Gasteiger partial charge in [0.15, 0.2) is 9.47 Å². The summed E-state index contributed by atoms with van der Waals surface area (Å²) < 4.78 is 4.70. The van der Waals surface area contributed by atoms with E-state index in [-0.39, 0.29) is 28.5 Å². The van der Waals surface area contributed by atoms with Crippen LogP contribution in [-0.4, -0.2) is 82.1 Å². The monoisotopic (exact) mass is 542 g/mol. The number of β-lactam (4-membered cyclic amide) rings is 1. The average Bonchev–Trinajstić information content (AvgIpc) is 3.47. The lowest BCUT2D eigenvalue weighted by Gasteiger charge is -2.49. The van der Waals surface area contributed by atoms with Crippen LogP contribution in [-0.2, 0) is 19.2 Å². The molecule has 4 rings (SSSR count). The highest BCUT2D eigenvalue weighted by atomic mass is 32.2. The molecule has 0 saturated carbocycles. The number of nitrogens with zero attached hydrogens (tertiary/aromatic N) is 6. The van der Waals surface area contributed by atoms with E-state index >= 15 is 0 Å². The maximum atomic E-state index is 12.9. The van der Waals surface area contributed by atoms with Crippen LogP contribution in [0.4, 0.5) is 5.13 Å². The molecule has 1 fully saturated rings. The Morgan fingerprint density at radius 1 is 1.47 bits per heavy atom. The summed E-state index contributed by atoms with van der Waals surface area (Å²) in [7, 11) is 0. The highest BCUT2D eigenvalue weighted by molar-refractivity contribution is 8.01. The number of nitrogen functional groups attached to an aromatic ring is 1. The smallest absolute Gasteiger partial charge is 0.352 e. The molecule has 1 unspecified atom stereocenters. The lowest BCUT2D eigenvalue weighted by Crippen LogP contribution is -2.71. The van der Waals surface area contributed by atoms with Gasteiger partial charge in [0.05, 0.1) is 0 Å². The zero-order valence-electron chi connectivity index (χ0n) is 17.7. The van der Waals surface area contributed by atoms with E-state index in [1.807, 2.05) is 0 Å². The molecule has 180 valence electrons. The zero-order valence-corrected chi connectivity index (χ0v) is 21.0. The Morgan fingerprint density at radius 2 is 2.26 bits per heavy atom. The number of hydrogen-bond donors (Lipinski definition) is 3. The van der Waals surface area contributed by atoms with Gasteiger partial charge in [0.25, 0.3) is 11.8 Å². The number of aliphatic carboxylic acids is 1. The van der Waals surface area contributed by atoms with Gasteiger partial charge in [-0.05, 0) is 19.4 Å². The molecule has 1 saturated heterocycles. The summed E-state index contributed by atoms with van der Waals surface area (Å²) in [5, 5.41) is 23.5. The fourth-order valence-corrected chi connectivity index (χ4v) is 6.46. The summed E-state index contributed by atoms with van der Waals surface area (Å²) in [6.07, 6.45) is -0.312. The first-order valence-corrected chi connectivity index (χ1v) is 13.4. The summed E-state index contributed by atoms with van der Waals surface area (Å²) >= 11 is 4.96. The van der Waals surface area contributed by atoms with Crippen molar-refractivity contribution < 1.29 is 24.3 Å². The maximum Gasteiger partial charge on any atom is 0.352 e. The molecule has 0 bridgehead atoms. The van der Waals surface area contributed by atoms with E-state index in [9.17, 15) is 19.5 Å². The Balaban J connectivity index is 1.50. The van der Waals surface area contributed by atoms with Crippen LogP contribution >= 0.6 is 46.4 Å². The van der Waals surface area contributed by atoms with Gasteiger partial charge in [-0.15, -0.1) is 22.0 Å². The highest BCUT2D eigenvalue weighted by Gasteiger charge is 2.54. The predicted octanol–water partition coefficient (Wildman–Crippen LogP) is 0.632. The van der Waals surface area contributed by atoms with Gasteiger partial charge in [-0.3, -0.25) is 14.5 Å². The van der Waals surface area contributed by atoms with Crippen molar-refractivity contribution in [2.45, 2.75) is 35.7 Å². The molecule has 34 heavy (non-hydrogen) atoms. The van der Waals surface area contributed by atoms with Crippen molar-refractivity contribution in [3.8, 4) is 0 Å². The van der Waals surface area contributed by atoms with Gasteiger partial charge in [0.1, 0.15) is 28.7 Å². The van der Waals surface area contributed by atoms with E-state index in [4.69, 9.17) is 10.6 Å². The summed E-state index contributed by atoms with van der Waals surface area (Å²) in [6, 6.07) is -0.940.